The second-order valence-electron chi connectivity index (χ2n) is 5.31. The molecule has 1 aromatic rings. The number of piperidine rings is 1. The Morgan fingerprint density at radius 3 is 2.56 bits per heavy atom. The number of rotatable bonds is 3. The number of nitrogens with zero attached hydrogens (tertiary/aromatic N) is 2. The number of amides is 1. The Kier molecular flexibility index (Phi) is 3.76. The number of aryl methyl sites for hydroxylation is 1. The highest BCUT2D eigenvalue weighted by Crippen LogP contribution is 2.34. The van der Waals surface area contributed by atoms with Crippen molar-refractivity contribution in [2.24, 2.45) is 12.5 Å². The summed E-state index contributed by atoms with van der Waals surface area (Å²) in [6, 6.07) is 3.75. The zero-order valence-electron chi connectivity index (χ0n) is 11.2. The highest BCUT2D eigenvalue weighted by atomic mass is 16.3. The molecule has 0 atom stereocenters. The van der Waals surface area contributed by atoms with Crippen LogP contribution in [0.2, 0.25) is 0 Å². The van der Waals surface area contributed by atoms with Gasteiger partial charge in [-0.05, 0) is 36.8 Å². The SMILES string of the molecule is CCC1(CO)CCN(C(=O)c2cccn2C)CC1. The van der Waals surface area contributed by atoms with E-state index in [0.29, 0.717) is 0 Å². The second-order valence-corrected chi connectivity index (χ2v) is 5.31. The Bertz CT molecular complexity index is 411. The molecule has 0 aromatic carbocycles. The van der Waals surface area contributed by atoms with Gasteiger partial charge in [-0.3, -0.25) is 4.79 Å². The Balaban J connectivity index is 2.02. The Morgan fingerprint density at radius 1 is 1.44 bits per heavy atom. The van der Waals surface area contributed by atoms with E-state index in [4.69, 9.17) is 0 Å². The van der Waals surface area contributed by atoms with Gasteiger partial charge in [0, 0.05) is 32.9 Å². The maximum Gasteiger partial charge on any atom is 0.270 e. The Hall–Kier alpha value is -1.29. The van der Waals surface area contributed by atoms with Crippen molar-refractivity contribution < 1.29 is 9.90 Å². The predicted molar refractivity (Wildman–Crippen MR) is 70.4 cm³/mol. The molecule has 4 nitrogen and oxygen atoms in total. The number of hydrogen-bond acceptors (Lipinski definition) is 2. The third-order valence-corrected chi connectivity index (χ3v) is 4.36. The van der Waals surface area contributed by atoms with E-state index in [9.17, 15) is 9.90 Å². The monoisotopic (exact) mass is 250 g/mol. The fourth-order valence-electron chi connectivity index (χ4n) is 2.65. The van der Waals surface area contributed by atoms with Crippen molar-refractivity contribution in [2.75, 3.05) is 19.7 Å². The summed E-state index contributed by atoms with van der Waals surface area (Å²) in [5, 5.41) is 9.49. The summed E-state index contributed by atoms with van der Waals surface area (Å²) in [5.74, 6) is 0.102. The lowest BCUT2D eigenvalue weighted by Gasteiger charge is -2.40. The van der Waals surface area contributed by atoms with Crippen molar-refractivity contribution in [2.45, 2.75) is 26.2 Å². The minimum absolute atomic E-state index is 0.0327. The van der Waals surface area contributed by atoms with Crippen molar-refractivity contribution >= 4 is 5.91 Å². The van der Waals surface area contributed by atoms with Crippen molar-refractivity contribution in [3.05, 3.63) is 24.0 Å². The topological polar surface area (TPSA) is 45.5 Å². The Labute approximate surface area is 108 Å². The first-order valence-electron chi connectivity index (χ1n) is 6.63. The maximum absolute atomic E-state index is 12.3. The van der Waals surface area contributed by atoms with Crippen molar-refractivity contribution in [1.82, 2.24) is 9.47 Å². The third-order valence-electron chi connectivity index (χ3n) is 4.36. The van der Waals surface area contributed by atoms with E-state index in [0.717, 1.165) is 38.0 Å². The van der Waals surface area contributed by atoms with Crippen LogP contribution in [0.3, 0.4) is 0 Å². The largest absolute Gasteiger partial charge is 0.396 e. The molecule has 2 heterocycles. The summed E-state index contributed by atoms with van der Waals surface area (Å²) < 4.78 is 1.86. The number of likely N-dealkylation sites (tertiary alicyclic amines) is 1. The molecule has 2 rings (SSSR count). The molecule has 4 heteroatoms. The van der Waals surface area contributed by atoms with Gasteiger partial charge in [-0.2, -0.15) is 0 Å². The molecule has 1 fully saturated rings. The zero-order chi connectivity index (χ0) is 13.2. The summed E-state index contributed by atoms with van der Waals surface area (Å²) in [6.45, 7) is 3.84. The average molecular weight is 250 g/mol. The highest BCUT2D eigenvalue weighted by molar-refractivity contribution is 5.92. The molecule has 1 saturated heterocycles. The quantitative estimate of drug-likeness (QED) is 0.886. The van der Waals surface area contributed by atoms with Gasteiger partial charge in [-0.15, -0.1) is 0 Å². The average Bonchev–Trinajstić information content (AvgIpc) is 2.84. The first kappa shape index (κ1) is 13.1. The van der Waals surface area contributed by atoms with Gasteiger partial charge in [-0.1, -0.05) is 6.92 Å². The van der Waals surface area contributed by atoms with E-state index >= 15 is 0 Å². The molecule has 18 heavy (non-hydrogen) atoms. The van der Waals surface area contributed by atoms with Crippen LogP contribution in [0.15, 0.2) is 18.3 Å². The molecule has 0 spiro atoms. The molecule has 1 amide bonds. The Morgan fingerprint density at radius 2 is 2.11 bits per heavy atom. The van der Waals surface area contributed by atoms with Crippen LogP contribution in [-0.4, -0.2) is 40.2 Å². The minimum Gasteiger partial charge on any atom is -0.396 e. The lowest BCUT2D eigenvalue weighted by atomic mass is 9.77. The number of carbonyl (C=O) groups excluding carboxylic acids is 1. The van der Waals surface area contributed by atoms with E-state index in [-0.39, 0.29) is 17.9 Å². The zero-order valence-corrected chi connectivity index (χ0v) is 11.2. The molecule has 100 valence electrons. The summed E-state index contributed by atoms with van der Waals surface area (Å²) in [4.78, 5) is 14.2. The van der Waals surface area contributed by atoms with Gasteiger partial charge < -0.3 is 14.6 Å². The normalized spacial score (nSPS) is 18.9. The fraction of sp³-hybridized carbons (Fsp3) is 0.643. The van der Waals surface area contributed by atoms with Gasteiger partial charge in [0.25, 0.3) is 5.91 Å². The molecule has 0 unspecified atom stereocenters. The molecule has 1 N–H and O–H groups in total. The minimum atomic E-state index is 0.0327. The van der Waals surface area contributed by atoms with Crippen LogP contribution in [0.4, 0.5) is 0 Å². The number of carbonyl (C=O) groups is 1. The lowest BCUT2D eigenvalue weighted by molar-refractivity contribution is 0.0332. The smallest absolute Gasteiger partial charge is 0.270 e. The maximum atomic E-state index is 12.3. The number of aliphatic hydroxyl groups is 1. The first-order valence-corrected chi connectivity index (χ1v) is 6.63. The van der Waals surface area contributed by atoms with Crippen LogP contribution >= 0.6 is 0 Å². The number of hydrogen-bond donors (Lipinski definition) is 1. The van der Waals surface area contributed by atoms with Crippen molar-refractivity contribution in [3.8, 4) is 0 Å². The van der Waals surface area contributed by atoms with Crippen LogP contribution in [0.25, 0.3) is 0 Å². The number of aliphatic hydroxyl groups excluding tert-OH is 1. The van der Waals surface area contributed by atoms with Crippen molar-refractivity contribution in [1.29, 1.82) is 0 Å². The summed E-state index contributed by atoms with van der Waals surface area (Å²) in [6.07, 6.45) is 4.67. The van der Waals surface area contributed by atoms with Gasteiger partial charge >= 0.3 is 0 Å². The van der Waals surface area contributed by atoms with E-state index in [1.54, 1.807) is 0 Å². The molecular formula is C14H22N2O2. The van der Waals surface area contributed by atoms with E-state index in [1.165, 1.54) is 0 Å². The molecule has 0 aliphatic carbocycles. The van der Waals surface area contributed by atoms with Gasteiger partial charge in [-0.25, -0.2) is 0 Å². The summed E-state index contributed by atoms with van der Waals surface area (Å²) in [5.41, 5.74) is 0.772. The molecule has 0 radical (unpaired) electrons. The van der Waals surface area contributed by atoms with E-state index in [1.807, 2.05) is 34.8 Å². The van der Waals surface area contributed by atoms with Crippen LogP contribution in [0.5, 0.6) is 0 Å². The molecule has 0 saturated carbocycles. The van der Waals surface area contributed by atoms with Gasteiger partial charge in [0.2, 0.25) is 0 Å². The van der Waals surface area contributed by atoms with Crippen LogP contribution < -0.4 is 0 Å². The second kappa shape index (κ2) is 5.14. The first-order chi connectivity index (χ1) is 8.62. The van der Waals surface area contributed by atoms with Gasteiger partial charge in [0.05, 0.1) is 0 Å². The standard InChI is InChI=1S/C14H22N2O2/c1-3-14(11-17)6-9-16(10-7-14)13(18)12-5-4-8-15(12)2/h4-5,8,17H,3,6-7,9-11H2,1-2H3. The summed E-state index contributed by atoms with van der Waals surface area (Å²) in [7, 11) is 1.89. The number of aromatic nitrogens is 1. The lowest BCUT2D eigenvalue weighted by Crippen LogP contribution is -2.44. The van der Waals surface area contributed by atoms with Gasteiger partial charge in [0.1, 0.15) is 5.69 Å². The summed E-state index contributed by atoms with van der Waals surface area (Å²) >= 11 is 0. The van der Waals surface area contributed by atoms with Crippen LogP contribution in [0.1, 0.15) is 36.7 Å². The third kappa shape index (κ3) is 2.29. The van der Waals surface area contributed by atoms with Crippen molar-refractivity contribution in [3.63, 3.8) is 0 Å². The van der Waals surface area contributed by atoms with Crippen LogP contribution in [-0.2, 0) is 7.05 Å². The molecule has 1 aliphatic heterocycles. The van der Waals surface area contributed by atoms with E-state index in [2.05, 4.69) is 6.92 Å². The molecule has 0 bridgehead atoms. The van der Waals surface area contributed by atoms with E-state index < -0.39 is 0 Å². The van der Waals surface area contributed by atoms with Crippen LogP contribution in [0, 0.1) is 5.41 Å². The molecule has 1 aliphatic rings. The molecular weight excluding hydrogens is 228 g/mol. The molecule has 1 aromatic heterocycles. The fourth-order valence-corrected chi connectivity index (χ4v) is 2.65. The predicted octanol–water partition coefficient (Wildman–Crippen LogP) is 1.65. The highest BCUT2D eigenvalue weighted by Gasteiger charge is 2.34. The van der Waals surface area contributed by atoms with Gasteiger partial charge in [0.15, 0.2) is 0 Å².